The first-order valence-corrected chi connectivity index (χ1v) is 11.0. The second-order valence-corrected chi connectivity index (χ2v) is 10.3. The van der Waals surface area contributed by atoms with E-state index in [0.717, 1.165) is 24.0 Å². The van der Waals surface area contributed by atoms with Crippen molar-refractivity contribution in [2.24, 2.45) is 5.92 Å². The monoisotopic (exact) mass is 371 g/mol. The molecule has 1 saturated heterocycles. The van der Waals surface area contributed by atoms with Crippen LogP contribution in [0.4, 0.5) is 0 Å². The van der Waals surface area contributed by atoms with E-state index in [1.807, 2.05) is 74.5 Å². The highest BCUT2D eigenvalue weighted by molar-refractivity contribution is 7.63. The molecule has 0 unspecified atom stereocenters. The normalized spacial score (nSPS) is 23.0. The van der Waals surface area contributed by atoms with E-state index in [0.29, 0.717) is 0 Å². The lowest BCUT2D eigenvalue weighted by Gasteiger charge is -2.31. The molecule has 2 aromatic carbocycles. The van der Waals surface area contributed by atoms with Gasteiger partial charge < -0.3 is 9.67 Å². The van der Waals surface area contributed by atoms with Crippen LogP contribution in [0.2, 0.25) is 0 Å². The summed E-state index contributed by atoms with van der Waals surface area (Å²) in [5, 5.41) is 12.8. The van der Waals surface area contributed by atoms with Gasteiger partial charge in [-0.05, 0) is 29.9 Å². The van der Waals surface area contributed by atoms with Gasteiger partial charge in [-0.2, -0.15) is 0 Å². The summed E-state index contributed by atoms with van der Waals surface area (Å²) in [5.74, 6) is -1.09. The number of hydrogen-bond acceptors (Lipinski definition) is 2. The molecule has 0 saturated carbocycles. The fourth-order valence-electron chi connectivity index (χ4n) is 3.93. The molecule has 0 amide bonds. The largest absolute Gasteiger partial charge is 0.480 e. The Morgan fingerprint density at radius 1 is 0.962 bits per heavy atom. The molecule has 0 radical (unpaired) electrons. The van der Waals surface area contributed by atoms with Crippen LogP contribution in [0.5, 0.6) is 0 Å². The van der Waals surface area contributed by atoms with Gasteiger partial charge in [0.05, 0.1) is 11.3 Å². The Morgan fingerprint density at radius 2 is 1.38 bits per heavy atom. The number of benzene rings is 2. The van der Waals surface area contributed by atoms with Crippen LogP contribution in [0.3, 0.4) is 0 Å². The van der Waals surface area contributed by atoms with Gasteiger partial charge in [-0.3, -0.25) is 9.88 Å². The Labute approximate surface area is 155 Å². The molecule has 2 N–H and O–H groups in total. The van der Waals surface area contributed by atoms with Gasteiger partial charge in [0.2, 0.25) is 0 Å². The molecule has 3 atom stereocenters. The first-order valence-electron chi connectivity index (χ1n) is 9.13. The van der Waals surface area contributed by atoms with Crippen molar-refractivity contribution in [3.8, 4) is 0 Å². The third-order valence-electron chi connectivity index (χ3n) is 5.28. The van der Waals surface area contributed by atoms with Crippen molar-refractivity contribution in [2.45, 2.75) is 44.0 Å². The number of nitrogens with one attached hydrogen (secondary N) is 1. The van der Waals surface area contributed by atoms with E-state index in [4.69, 9.17) is 0 Å². The van der Waals surface area contributed by atoms with Gasteiger partial charge in [-0.15, -0.1) is 0 Å². The fourth-order valence-corrected chi connectivity index (χ4v) is 7.86. The van der Waals surface area contributed by atoms with Gasteiger partial charge in [0, 0.05) is 0 Å². The van der Waals surface area contributed by atoms with Gasteiger partial charge in [0.1, 0.15) is 6.04 Å². The van der Waals surface area contributed by atoms with Crippen LogP contribution < -0.4 is 5.09 Å². The second-order valence-electron chi connectivity index (χ2n) is 7.33. The average molecular weight is 371 g/mol. The Kier molecular flexibility index (Phi) is 5.64. The molecular weight excluding hydrogens is 345 g/mol. The minimum Gasteiger partial charge on any atom is -0.480 e. The molecule has 1 heterocycles. The summed E-state index contributed by atoms with van der Waals surface area (Å²) in [6, 6.07) is 18.9. The molecule has 5 heteroatoms. The van der Waals surface area contributed by atoms with E-state index in [2.05, 4.69) is 5.09 Å². The number of aliphatic carboxylic acids is 1. The minimum absolute atomic E-state index is 0.147. The quantitative estimate of drug-likeness (QED) is 0.682. The van der Waals surface area contributed by atoms with Crippen molar-refractivity contribution in [3.63, 3.8) is 0 Å². The maximum Gasteiger partial charge on any atom is 0.321 e. The predicted octanol–water partition coefficient (Wildman–Crippen LogP) is 5.24. The summed E-state index contributed by atoms with van der Waals surface area (Å²) < 4.78 is 14.3. The van der Waals surface area contributed by atoms with E-state index >= 15 is 0 Å². The number of hydrogen-bond donors (Lipinski definition) is 2. The minimum atomic E-state index is -3.03. The highest BCUT2D eigenvalue weighted by Crippen LogP contribution is 2.74. The van der Waals surface area contributed by atoms with Crippen molar-refractivity contribution < 1.29 is 14.5 Å². The first-order chi connectivity index (χ1) is 12.4. The smallest absolute Gasteiger partial charge is 0.321 e. The summed E-state index contributed by atoms with van der Waals surface area (Å²) >= 11 is 0. The van der Waals surface area contributed by atoms with E-state index in [-0.39, 0.29) is 17.2 Å². The SMILES string of the molecule is CC(C)[C@H](NP1(=O)[C@H](c2ccccc2)CC[C@H]1c1ccccc1)C(=O)O. The van der Waals surface area contributed by atoms with Gasteiger partial charge in [-0.25, -0.2) is 0 Å². The summed E-state index contributed by atoms with van der Waals surface area (Å²) in [4.78, 5) is 11.8. The Hall–Kier alpha value is -1.90. The van der Waals surface area contributed by atoms with E-state index < -0.39 is 19.3 Å². The maximum atomic E-state index is 14.3. The molecule has 2 aromatic rings. The van der Waals surface area contributed by atoms with Crippen molar-refractivity contribution in [2.75, 3.05) is 0 Å². The van der Waals surface area contributed by atoms with Crippen LogP contribution in [0.1, 0.15) is 49.1 Å². The van der Waals surface area contributed by atoms with Crippen molar-refractivity contribution in [1.82, 2.24) is 5.09 Å². The molecule has 1 aliphatic rings. The highest BCUT2D eigenvalue weighted by atomic mass is 31.2. The van der Waals surface area contributed by atoms with Gasteiger partial charge >= 0.3 is 5.97 Å². The standard InChI is InChI=1S/C21H26NO3P/c1-15(2)20(21(23)24)22-26(25)18(16-9-5-3-6-10-16)13-14-19(26)17-11-7-4-8-12-17/h3-12,15,18-20H,13-14H2,1-2H3,(H,22,25)(H,23,24)/t18-,19-,20-/m0/s1. The zero-order valence-corrected chi connectivity index (χ0v) is 16.1. The molecule has 1 fully saturated rings. The Bertz CT molecular complexity index is 740. The summed E-state index contributed by atoms with van der Waals surface area (Å²) in [6.45, 7) is 3.70. The first kappa shape index (κ1) is 18.9. The molecule has 0 aliphatic carbocycles. The van der Waals surface area contributed by atoms with Crippen LogP contribution in [0.25, 0.3) is 0 Å². The third kappa shape index (κ3) is 3.62. The van der Waals surface area contributed by atoms with E-state index in [1.165, 1.54) is 0 Å². The molecule has 4 nitrogen and oxygen atoms in total. The molecule has 26 heavy (non-hydrogen) atoms. The molecule has 1 aliphatic heterocycles. The molecule has 3 rings (SSSR count). The van der Waals surface area contributed by atoms with Crippen LogP contribution in [-0.2, 0) is 9.36 Å². The van der Waals surface area contributed by atoms with Crippen LogP contribution in [-0.4, -0.2) is 17.1 Å². The van der Waals surface area contributed by atoms with Crippen LogP contribution in [0.15, 0.2) is 60.7 Å². The molecule has 0 aromatic heterocycles. The Balaban J connectivity index is 2.04. The van der Waals surface area contributed by atoms with Crippen molar-refractivity contribution >= 4 is 13.3 Å². The lowest BCUT2D eigenvalue weighted by Crippen LogP contribution is -2.40. The van der Waals surface area contributed by atoms with E-state index in [1.54, 1.807) is 0 Å². The lowest BCUT2D eigenvalue weighted by atomic mass is 10.0. The Morgan fingerprint density at radius 3 is 1.73 bits per heavy atom. The van der Waals surface area contributed by atoms with Crippen molar-refractivity contribution in [3.05, 3.63) is 71.8 Å². The average Bonchev–Trinajstić information content (AvgIpc) is 2.98. The highest BCUT2D eigenvalue weighted by Gasteiger charge is 2.49. The number of carboxylic acid groups (broad SMARTS) is 1. The molecule has 0 bridgehead atoms. The molecular formula is C21H26NO3P. The second kappa shape index (κ2) is 7.77. The van der Waals surface area contributed by atoms with Crippen molar-refractivity contribution in [1.29, 1.82) is 0 Å². The summed E-state index contributed by atoms with van der Waals surface area (Å²) in [7, 11) is -3.03. The van der Waals surface area contributed by atoms with Gasteiger partial charge in [0.25, 0.3) is 0 Å². The van der Waals surface area contributed by atoms with Gasteiger partial charge in [-0.1, -0.05) is 74.5 Å². The zero-order chi connectivity index (χ0) is 18.7. The fraction of sp³-hybridized carbons (Fsp3) is 0.381. The van der Waals surface area contributed by atoms with Crippen LogP contribution >= 0.6 is 7.29 Å². The third-order valence-corrected chi connectivity index (χ3v) is 8.93. The van der Waals surface area contributed by atoms with E-state index in [9.17, 15) is 14.5 Å². The number of carboxylic acids is 1. The number of carbonyl (C=O) groups is 1. The molecule has 0 spiro atoms. The number of rotatable bonds is 6. The van der Waals surface area contributed by atoms with Crippen LogP contribution in [0, 0.1) is 5.92 Å². The summed E-state index contributed by atoms with van der Waals surface area (Å²) in [6.07, 6.45) is 1.58. The topological polar surface area (TPSA) is 66.4 Å². The van der Waals surface area contributed by atoms with Gasteiger partial charge in [0.15, 0.2) is 7.29 Å². The molecule has 138 valence electrons. The lowest BCUT2D eigenvalue weighted by molar-refractivity contribution is -0.140. The maximum absolute atomic E-state index is 14.3. The zero-order valence-electron chi connectivity index (χ0n) is 15.2. The predicted molar refractivity (Wildman–Crippen MR) is 105 cm³/mol. The summed E-state index contributed by atoms with van der Waals surface area (Å²) in [5.41, 5.74) is 1.73.